The van der Waals surface area contributed by atoms with E-state index in [1.807, 2.05) is 42.5 Å². The highest BCUT2D eigenvalue weighted by molar-refractivity contribution is 6.27. The molecule has 31 heavy (non-hydrogen) atoms. The Morgan fingerprint density at radius 1 is 1.16 bits per heavy atom. The van der Waals surface area contributed by atoms with E-state index in [9.17, 15) is 9.59 Å². The number of amides is 2. The van der Waals surface area contributed by atoms with Crippen LogP contribution in [0.4, 0.5) is 0 Å². The summed E-state index contributed by atoms with van der Waals surface area (Å²) in [6.45, 7) is 0.888. The van der Waals surface area contributed by atoms with Gasteiger partial charge >= 0.3 is 0 Å². The number of halogens is 2. The molecule has 0 saturated heterocycles. The number of nitrogens with zero attached hydrogens (tertiary/aromatic N) is 4. The Kier molecular flexibility index (Phi) is 7.81. The summed E-state index contributed by atoms with van der Waals surface area (Å²) in [4.78, 5) is 24.8. The van der Waals surface area contributed by atoms with E-state index >= 15 is 0 Å². The van der Waals surface area contributed by atoms with Gasteiger partial charge in [-0.05, 0) is 45.7 Å². The summed E-state index contributed by atoms with van der Waals surface area (Å²) < 4.78 is 1.76. The van der Waals surface area contributed by atoms with Gasteiger partial charge in [-0.25, -0.2) is 4.68 Å². The smallest absolute Gasteiger partial charge is 0.235 e. The number of fused-ring (bicyclic) bond motifs is 2. The Hall–Kier alpha value is -2.71. The lowest BCUT2D eigenvalue weighted by Gasteiger charge is -2.23. The Morgan fingerprint density at radius 2 is 1.97 bits per heavy atom. The van der Waals surface area contributed by atoms with Crippen molar-refractivity contribution in [3.63, 3.8) is 0 Å². The van der Waals surface area contributed by atoms with Gasteiger partial charge in [-0.2, -0.15) is 0 Å². The lowest BCUT2D eigenvalue weighted by molar-refractivity contribution is -0.126. The van der Waals surface area contributed by atoms with Crippen LogP contribution in [0.25, 0.3) is 10.8 Å². The van der Waals surface area contributed by atoms with Gasteiger partial charge in [0.05, 0.1) is 6.04 Å². The number of rotatable bonds is 6. The van der Waals surface area contributed by atoms with Crippen LogP contribution in [-0.2, 0) is 22.6 Å². The van der Waals surface area contributed by atoms with Crippen molar-refractivity contribution in [3.8, 4) is 0 Å². The number of alkyl halides is 1. The highest BCUT2D eigenvalue weighted by Gasteiger charge is 2.26. The summed E-state index contributed by atoms with van der Waals surface area (Å²) >= 11 is 5.62. The zero-order valence-corrected chi connectivity index (χ0v) is 18.4. The van der Waals surface area contributed by atoms with E-state index in [-0.39, 0.29) is 48.6 Å². The monoisotopic (exact) mass is 462 g/mol. The first kappa shape index (κ1) is 23.0. The molecule has 164 valence electrons. The number of hydrogen-bond donors (Lipinski definition) is 2. The van der Waals surface area contributed by atoms with Crippen molar-refractivity contribution in [1.82, 2.24) is 30.8 Å². The third-order valence-corrected chi connectivity index (χ3v) is 5.74. The van der Waals surface area contributed by atoms with Crippen LogP contribution >= 0.6 is 24.0 Å². The molecule has 2 heterocycles. The molecule has 0 saturated carbocycles. The van der Waals surface area contributed by atoms with E-state index in [2.05, 4.69) is 26.2 Å². The fourth-order valence-corrected chi connectivity index (χ4v) is 3.89. The minimum absolute atomic E-state index is 0. The predicted octanol–water partition coefficient (Wildman–Crippen LogP) is 2.41. The quantitative estimate of drug-likeness (QED) is 0.547. The summed E-state index contributed by atoms with van der Waals surface area (Å²) in [5.41, 5.74) is 0.935. The summed E-state index contributed by atoms with van der Waals surface area (Å²) in [5, 5.41) is 19.8. The van der Waals surface area contributed by atoms with E-state index in [1.165, 1.54) is 0 Å². The zero-order chi connectivity index (χ0) is 20.9. The van der Waals surface area contributed by atoms with Crippen molar-refractivity contribution in [3.05, 3.63) is 53.9 Å². The second-order valence-corrected chi connectivity index (χ2v) is 7.72. The number of carbonyl (C=O) groups is 2. The molecular weight excluding hydrogens is 439 g/mol. The van der Waals surface area contributed by atoms with Crippen molar-refractivity contribution < 1.29 is 9.59 Å². The van der Waals surface area contributed by atoms with Gasteiger partial charge in [-0.3, -0.25) is 9.59 Å². The van der Waals surface area contributed by atoms with Crippen molar-refractivity contribution in [2.75, 3.05) is 12.4 Å². The lowest BCUT2D eigenvalue weighted by atomic mass is 9.97. The molecule has 1 aliphatic rings. The first-order valence-corrected chi connectivity index (χ1v) is 10.5. The summed E-state index contributed by atoms with van der Waals surface area (Å²) in [6.07, 6.45) is 2.02. The number of benzene rings is 2. The van der Waals surface area contributed by atoms with E-state index in [0.29, 0.717) is 25.8 Å². The van der Waals surface area contributed by atoms with E-state index in [4.69, 9.17) is 11.6 Å². The molecule has 0 aliphatic carbocycles. The minimum atomic E-state index is -0.352. The van der Waals surface area contributed by atoms with Crippen LogP contribution in [0.5, 0.6) is 0 Å². The second kappa shape index (κ2) is 10.5. The summed E-state index contributed by atoms with van der Waals surface area (Å²) in [5.74, 6) is 0.237. The third-order valence-electron chi connectivity index (χ3n) is 5.50. The van der Waals surface area contributed by atoms with Crippen LogP contribution in [0.1, 0.15) is 30.3 Å². The van der Waals surface area contributed by atoms with Crippen LogP contribution in [-0.4, -0.2) is 44.4 Å². The van der Waals surface area contributed by atoms with Crippen LogP contribution in [0.15, 0.2) is 42.5 Å². The van der Waals surface area contributed by atoms with Gasteiger partial charge in [0, 0.05) is 25.4 Å². The molecule has 1 aliphatic heterocycles. The zero-order valence-electron chi connectivity index (χ0n) is 16.8. The number of carbonyl (C=O) groups excluding carboxylic acids is 2. The standard InChI is InChI=1S/C21H23ClN6O2.ClH/c22-12-20(29)23-13-18(17-6-5-14-3-1-2-4-16(14)11-17)24-21(30)15-7-8-19-25-26-27-28(19)10-9-15;/h1-6,11,15,18H,7-10,12-13H2,(H,23,29)(H,24,30);1H. The van der Waals surface area contributed by atoms with Crippen LogP contribution in [0.3, 0.4) is 0 Å². The minimum Gasteiger partial charge on any atom is -0.353 e. The van der Waals surface area contributed by atoms with Gasteiger partial charge in [0.2, 0.25) is 11.8 Å². The highest BCUT2D eigenvalue weighted by atomic mass is 35.5. The molecule has 2 amide bonds. The molecule has 0 spiro atoms. The number of tetrazole rings is 1. The maximum Gasteiger partial charge on any atom is 0.235 e. The second-order valence-electron chi connectivity index (χ2n) is 7.45. The normalized spacial score (nSPS) is 16.5. The summed E-state index contributed by atoms with van der Waals surface area (Å²) in [7, 11) is 0. The third kappa shape index (κ3) is 5.51. The van der Waals surface area contributed by atoms with Crippen LogP contribution in [0.2, 0.25) is 0 Å². The molecule has 0 fully saturated rings. The molecule has 2 N–H and O–H groups in total. The van der Waals surface area contributed by atoms with E-state index in [1.54, 1.807) is 4.68 Å². The Labute approximate surface area is 191 Å². The van der Waals surface area contributed by atoms with Gasteiger partial charge in [0.15, 0.2) is 5.82 Å². The average Bonchev–Trinajstić information content (AvgIpc) is 3.13. The molecular formula is C21H24Cl2N6O2. The van der Waals surface area contributed by atoms with Crippen LogP contribution < -0.4 is 10.6 Å². The first-order valence-electron chi connectivity index (χ1n) is 10.0. The SMILES string of the molecule is Cl.O=C(CCl)NCC(NC(=O)C1CCc2nnnn2CC1)c1ccc2ccccc2c1. The molecule has 2 aromatic carbocycles. The Bertz CT molecular complexity index is 1030. The number of hydrogen-bond acceptors (Lipinski definition) is 5. The fraction of sp³-hybridized carbons (Fsp3) is 0.381. The highest BCUT2D eigenvalue weighted by Crippen LogP contribution is 2.23. The van der Waals surface area contributed by atoms with Gasteiger partial charge in [0.25, 0.3) is 0 Å². The molecule has 8 nitrogen and oxygen atoms in total. The largest absolute Gasteiger partial charge is 0.353 e. The van der Waals surface area contributed by atoms with Crippen molar-refractivity contribution >= 4 is 46.6 Å². The molecule has 0 bridgehead atoms. The van der Waals surface area contributed by atoms with Gasteiger partial charge in [0.1, 0.15) is 5.88 Å². The Balaban J connectivity index is 0.00000272. The Morgan fingerprint density at radius 3 is 2.77 bits per heavy atom. The molecule has 4 rings (SSSR count). The van der Waals surface area contributed by atoms with Crippen molar-refractivity contribution in [2.45, 2.75) is 31.8 Å². The van der Waals surface area contributed by atoms with E-state index in [0.717, 1.165) is 22.2 Å². The van der Waals surface area contributed by atoms with E-state index < -0.39 is 0 Å². The predicted molar refractivity (Wildman–Crippen MR) is 120 cm³/mol. The lowest BCUT2D eigenvalue weighted by Crippen LogP contribution is -2.40. The van der Waals surface area contributed by atoms with Gasteiger partial charge in [-0.15, -0.1) is 29.1 Å². The molecule has 1 aromatic heterocycles. The van der Waals surface area contributed by atoms with Gasteiger partial charge in [-0.1, -0.05) is 36.4 Å². The average molecular weight is 463 g/mol. The fourth-order valence-electron chi connectivity index (χ4n) is 3.79. The molecule has 0 radical (unpaired) electrons. The van der Waals surface area contributed by atoms with Gasteiger partial charge < -0.3 is 10.6 Å². The number of aromatic nitrogens is 4. The number of aryl methyl sites for hydroxylation is 2. The van der Waals surface area contributed by atoms with Crippen LogP contribution in [0, 0.1) is 5.92 Å². The first-order chi connectivity index (χ1) is 14.6. The van der Waals surface area contributed by atoms with Crippen molar-refractivity contribution in [1.29, 1.82) is 0 Å². The molecule has 3 aromatic rings. The number of nitrogens with one attached hydrogen (secondary N) is 2. The summed E-state index contributed by atoms with van der Waals surface area (Å²) in [6, 6.07) is 13.7. The molecule has 2 unspecified atom stereocenters. The topological polar surface area (TPSA) is 102 Å². The molecule has 10 heteroatoms. The molecule has 2 atom stereocenters. The maximum absolute atomic E-state index is 13.1. The maximum atomic E-state index is 13.1. The van der Waals surface area contributed by atoms with Crippen molar-refractivity contribution in [2.24, 2.45) is 5.92 Å².